The number of nitrogens with zero attached hydrogens (tertiary/aromatic N) is 2. The summed E-state index contributed by atoms with van der Waals surface area (Å²) in [6, 6.07) is 2.15. The van der Waals surface area contributed by atoms with Gasteiger partial charge in [-0.1, -0.05) is 6.08 Å². The molecule has 0 aromatic rings. The van der Waals surface area contributed by atoms with Crippen molar-refractivity contribution in [3.63, 3.8) is 0 Å². The van der Waals surface area contributed by atoms with E-state index in [4.69, 9.17) is 5.26 Å². The van der Waals surface area contributed by atoms with E-state index in [1.165, 1.54) is 12.8 Å². The molecule has 0 N–H and O–H groups in total. The fraction of sp³-hybridized carbons (Fsp3) is 0.556. The highest BCUT2D eigenvalue weighted by Gasteiger charge is 2.19. The van der Waals surface area contributed by atoms with Gasteiger partial charge in [-0.25, -0.2) is 0 Å². The highest BCUT2D eigenvalue weighted by Crippen LogP contribution is 2.31. The van der Waals surface area contributed by atoms with Crippen LogP contribution in [0.15, 0.2) is 16.6 Å². The normalized spacial score (nSPS) is 19.7. The molecule has 0 saturated heterocycles. The molecule has 0 bridgehead atoms. The van der Waals surface area contributed by atoms with Crippen molar-refractivity contribution < 1.29 is 0 Å². The summed E-state index contributed by atoms with van der Waals surface area (Å²) in [6.07, 6.45) is 4.51. The zero-order chi connectivity index (χ0) is 8.27. The van der Waals surface area contributed by atoms with Gasteiger partial charge in [0.15, 0.2) is 0 Å². The molecule has 0 aliphatic heterocycles. The number of nitriles is 1. The van der Waals surface area contributed by atoms with Gasteiger partial charge in [0.25, 0.3) is 0 Å². The Morgan fingerprint density at radius 3 is 2.64 bits per heavy atom. The van der Waals surface area contributed by atoms with Crippen LogP contribution in [0.25, 0.3) is 0 Å². The molecular weight excluding hydrogens is 136 g/mol. The molecule has 0 heterocycles. The topological polar surface area (TPSA) is 36.1 Å². The Balaban J connectivity index is 2.70. The first-order valence-electron chi connectivity index (χ1n) is 3.83. The SMILES string of the molecule is CN=C(C)/C(C#N)=C/C1CC1. The summed E-state index contributed by atoms with van der Waals surface area (Å²) in [4.78, 5) is 3.97. The molecule has 58 valence electrons. The molecule has 1 rings (SSSR count). The first kappa shape index (κ1) is 8.00. The van der Waals surface area contributed by atoms with Crippen molar-refractivity contribution in [2.75, 3.05) is 7.05 Å². The molecule has 0 spiro atoms. The lowest BCUT2D eigenvalue weighted by Gasteiger charge is -1.93. The van der Waals surface area contributed by atoms with E-state index < -0.39 is 0 Å². The van der Waals surface area contributed by atoms with E-state index >= 15 is 0 Å². The Morgan fingerprint density at radius 1 is 1.64 bits per heavy atom. The Hall–Kier alpha value is -1.10. The maximum absolute atomic E-state index is 8.71. The van der Waals surface area contributed by atoms with Gasteiger partial charge in [0, 0.05) is 12.8 Å². The molecule has 1 aliphatic rings. The molecule has 0 aromatic carbocycles. The van der Waals surface area contributed by atoms with Crippen molar-refractivity contribution in [3.05, 3.63) is 11.6 Å². The van der Waals surface area contributed by atoms with Crippen LogP contribution in [0.2, 0.25) is 0 Å². The Labute approximate surface area is 67.3 Å². The summed E-state index contributed by atoms with van der Waals surface area (Å²) in [7, 11) is 1.72. The van der Waals surface area contributed by atoms with Crippen LogP contribution < -0.4 is 0 Å². The van der Waals surface area contributed by atoms with E-state index in [2.05, 4.69) is 11.1 Å². The highest BCUT2D eigenvalue weighted by molar-refractivity contribution is 6.01. The van der Waals surface area contributed by atoms with E-state index in [9.17, 15) is 0 Å². The van der Waals surface area contributed by atoms with Gasteiger partial charge in [-0.2, -0.15) is 5.26 Å². The molecule has 0 aromatic heterocycles. The molecule has 1 saturated carbocycles. The Morgan fingerprint density at radius 2 is 2.27 bits per heavy atom. The van der Waals surface area contributed by atoms with E-state index in [1.807, 2.05) is 13.0 Å². The number of hydrogen-bond acceptors (Lipinski definition) is 2. The predicted octanol–water partition coefficient (Wildman–Crippen LogP) is 1.94. The summed E-state index contributed by atoms with van der Waals surface area (Å²) >= 11 is 0. The minimum Gasteiger partial charge on any atom is -0.292 e. The molecule has 0 amide bonds. The fourth-order valence-electron chi connectivity index (χ4n) is 0.858. The first-order valence-corrected chi connectivity index (χ1v) is 3.83. The summed E-state index contributed by atoms with van der Waals surface area (Å²) in [5, 5.41) is 8.71. The van der Waals surface area contributed by atoms with Crippen molar-refractivity contribution in [2.24, 2.45) is 10.9 Å². The largest absolute Gasteiger partial charge is 0.292 e. The molecule has 1 fully saturated rings. The van der Waals surface area contributed by atoms with Gasteiger partial charge in [-0.05, 0) is 25.7 Å². The fourth-order valence-corrected chi connectivity index (χ4v) is 0.858. The van der Waals surface area contributed by atoms with Crippen LogP contribution in [0.3, 0.4) is 0 Å². The third-order valence-corrected chi connectivity index (χ3v) is 1.87. The van der Waals surface area contributed by atoms with Gasteiger partial charge in [-0.3, -0.25) is 4.99 Å². The lowest BCUT2D eigenvalue weighted by Crippen LogP contribution is -1.94. The number of rotatable bonds is 2. The average molecular weight is 148 g/mol. The second kappa shape index (κ2) is 3.34. The molecule has 2 nitrogen and oxygen atoms in total. The zero-order valence-electron chi connectivity index (χ0n) is 6.96. The van der Waals surface area contributed by atoms with Gasteiger partial charge in [0.1, 0.15) is 6.07 Å². The van der Waals surface area contributed by atoms with Gasteiger partial charge in [-0.15, -0.1) is 0 Å². The Kier molecular flexibility index (Phi) is 2.43. The van der Waals surface area contributed by atoms with Gasteiger partial charge in [0.05, 0.1) is 5.57 Å². The Bertz CT molecular complexity index is 239. The van der Waals surface area contributed by atoms with Crippen molar-refractivity contribution in [1.29, 1.82) is 5.26 Å². The highest BCUT2D eigenvalue weighted by atomic mass is 14.7. The lowest BCUT2D eigenvalue weighted by atomic mass is 10.1. The molecule has 0 radical (unpaired) electrons. The monoisotopic (exact) mass is 148 g/mol. The molecule has 2 heteroatoms. The van der Waals surface area contributed by atoms with E-state index in [0.29, 0.717) is 5.92 Å². The second-order valence-electron chi connectivity index (χ2n) is 2.84. The summed E-state index contributed by atoms with van der Waals surface area (Å²) in [5.41, 5.74) is 1.59. The molecule has 0 unspecified atom stereocenters. The third-order valence-electron chi connectivity index (χ3n) is 1.87. The number of allylic oxidation sites excluding steroid dienone is 2. The molecule has 1 aliphatic carbocycles. The van der Waals surface area contributed by atoms with Crippen molar-refractivity contribution in [2.45, 2.75) is 19.8 Å². The minimum atomic E-state index is 0.654. The number of hydrogen-bond donors (Lipinski definition) is 0. The van der Waals surface area contributed by atoms with Gasteiger partial charge in [0.2, 0.25) is 0 Å². The van der Waals surface area contributed by atoms with Crippen LogP contribution in [-0.2, 0) is 0 Å². The molecule has 11 heavy (non-hydrogen) atoms. The molecular formula is C9H12N2. The quantitative estimate of drug-likeness (QED) is 0.435. The summed E-state index contributed by atoms with van der Waals surface area (Å²) < 4.78 is 0. The second-order valence-corrected chi connectivity index (χ2v) is 2.84. The van der Waals surface area contributed by atoms with Crippen molar-refractivity contribution in [1.82, 2.24) is 0 Å². The third kappa shape index (κ3) is 2.19. The van der Waals surface area contributed by atoms with E-state index in [-0.39, 0.29) is 0 Å². The summed E-state index contributed by atoms with van der Waals surface area (Å²) in [5.74, 6) is 0.654. The van der Waals surface area contributed by atoms with Crippen LogP contribution >= 0.6 is 0 Å². The van der Waals surface area contributed by atoms with Gasteiger partial charge < -0.3 is 0 Å². The van der Waals surface area contributed by atoms with Crippen LogP contribution in [0.5, 0.6) is 0 Å². The standard InChI is InChI=1S/C9H12N2/c1-7(11-2)9(6-10)5-8-3-4-8/h5,8H,3-4H2,1-2H3/b9-5+,11-7?. The maximum atomic E-state index is 8.71. The lowest BCUT2D eigenvalue weighted by molar-refractivity contribution is 1.11. The zero-order valence-corrected chi connectivity index (χ0v) is 6.96. The smallest absolute Gasteiger partial charge is 0.101 e. The predicted molar refractivity (Wildman–Crippen MR) is 45.5 cm³/mol. The van der Waals surface area contributed by atoms with Crippen LogP contribution in [0, 0.1) is 17.2 Å². The van der Waals surface area contributed by atoms with Crippen molar-refractivity contribution in [3.8, 4) is 6.07 Å². The summed E-state index contributed by atoms with van der Waals surface area (Å²) in [6.45, 7) is 1.87. The average Bonchev–Trinajstić information content (AvgIpc) is 2.82. The first-order chi connectivity index (χ1) is 5.27. The van der Waals surface area contributed by atoms with Gasteiger partial charge >= 0.3 is 0 Å². The van der Waals surface area contributed by atoms with E-state index in [0.717, 1.165) is 11.3 Å². The van der Waals surface area contributed by atoms with Crippen LogP contribution in [-0.4, -0.2) is 12.8 Å². The number of aliphatic imine (C=N–C) groups is 1. The molecule has 0 atom stereocenters. The van der Waals surface area contributed by atoms with Crippen LogP contribution in [0.1, 0.15) is 19.8 Å². The van der Waals surface area contributed by atoms with Crippen molar-refractivity contribution >= 4 is 5.71 Å². The van der Waals surface area contributed by atoms with E-state index in [1.54, 1.807) is 7.05 Å². The van der Waals surface area contributed by atoms with Crippen LogP contribution in [0.4, 0.5) is 0 Å². The minimum absolute atomic E-state index is 0.654. The maximum Gasteiger partial charge on any atom is 0.101 e.